The number of carbonyl (C=O) groups excluding carboxylic acids is 1. The Kier molecular flexibility index (Phi) is 6.01. The zero-order valence-electron chi connectivity index (χ0n) is 18.4. The minimum Gasteiger partial charge on any atom is -0.369 e. The van der Waals surface area contributed by atoms with Gasteiger partial charge in [0.15, 0.2) is 0 Å². The summed E-state index contributed by atoms with van der Waals surface area (Å²) in [6.45, 7) is 6.63. The Labute approximate surface area is 188 Å². The van der Waals surface area contributed by atoms with Crippen LogP contribution in [0.2, 0.25) is 5.02 Å². The van der Waals surface area contributed by atoms with Crippen LogP contribution in [-0.2, 0) is 4.79 Å². The molecule has 31 heavy (non-hydrogen) atoms. The number of hydrogen-bond donors (Lipinski definition) is 2. The van der Waals surface area contributed by atoms with E-state index in [-0.39, 0.29) is 17.8 Å². The number of nitrogens with two attached hydrogens (primary N) is 2. The van der Waals surface area contributed by atoms with Crippen molar-refractivity contribution in [3.8, 4) is 0 Å². The molecule has 1 aromatic carbocycles. The lowest BCUT2D eigenvalue weighted by molar-refractivity contribution is -0.134. The Morgan fingerprint density at radius 2 is 1.77 bits per heavy atom. The van der Waals surface area contributed by atoms with Gasteiger partial charge in [-0.2, -0.15) is 4.99 Å². The highest BCUT2D eigenvalue weighted by molar-refractivity contribution is 6.34. The second-order valence-electron chi connectivity index (χ2n) is 8.89. The minimum atomic E-state index is -0.525. The van der Waals surface area contributed by atoms with Gasteiger partial charge in [0.1, 0.15) is 5.66 Å². The second-order valence-corrected chi connectivity index (χ2v) is 9.30. The van der Waals surface area contributed by atoms with E-state index in [9.17, 15) is 4.79 Å². The molecule has 4 N–H and O–H groups in total. The van der Waals surface area contributed by atoms with Crippen molar-refractivity contribution in [2.45, 2.75) is 51.6 Å². The maximum atomic E-state index is 12.4. The van der Waals surface area contributed by atoms with Crippen LogP contribution >= 0.6 is 11.6 Å². The lowest BCUT2D eigenvalue weighted by Crippen LogP contribution is -2.59. The van der Waals surface area contributed by atoms with E-state index in [1.165, 1.54) is 6.42 Å². The van der Waals surface area contributed by atoms with E-state index < -0.39 is 5.66 Å². The van der Waals surface area contributed by atoms with Gasteiger partial charge in [-0.15, -0.1) is 0 Å². The van der Waals surface area contributed by atoms with Crippen LogP contribution in [0.1, 0.15) is 46.0 Å². The molecule has 9 heteroatoms. The topological polar surface area (TPSA) is 104 Å². The third-order valence-corrected chi connectivity index (χ3v) is 6.76. The Bertz CT molecular complexity index is 899. The number of guanidine groups is 2. The molecule has 4 rings (SSSR count). The van der Waals surface area contributed by atoms with E-state index in [1.54, 1.807) is 0 Å². The number of rotatable bonds is 3. The molecular weight excluding hydrogens is 414 g/mol. The highest BCUT2D eigenvalue weighted by Crippen LogP contribution is 2.45. The van der Waals surface area contributed by atoms with E-state index >= 15 is 0 Å². The molecule has 3 aliphatic rings. The van der Waals surface area contributed by atoms with Gasteiger partial charge in [0.05, 0.1) is 16.4 Å². The molecule has 0 atom stereocenters. The quantitative estimate of drug-likeness (QED) is 0.744. The summed E-state index contributed by atoms with van der Waals surface area (Å²) in [5.41, 5.74) is 13.8. The van der Waals surface area contributed by atoms with E-state index in [4.69, 9.17) is 28.1 Å². The van der Waals surface area contributed by atoms with Crippen molar-refractivity contribution < 1.29 is 4.79 Å². The first-order chi connectivity index (χ1) is 14.8. The largest absolute Gasteiger partial charge is 0.369 e. The number of aliphatic imine (C=N–C) groups is 2. The number of piperazine rings is 1. The van der Waals surface area contributed by atoms with Gasteiger partial charge in [0, 0.05) is 32.1 Å². The summed E-state index contributed by atoms with van der Waals surface area (Å²) in [6, 6.07) is 5.86. The summed E-state index contributed by atoms with van der Waals surface area (Å²) >= 11 is 6.75. The zero-order chi connectivity index (χ0) is 22.2. The molecule has 1 saturated carbocycles. The normalized spacial score (nSPS) is 21.4. The van der Waals surface area contributed by atoms with Gasteiger partial charge in [-0.05, 0) is 37.8 Å². The number of anilines is 2. The Balaban J connectivity index is 1.69. The summed E-state index contributed by atoms with van der Waals surface area (Å²) < 4.78 is 0. The fraction of sp³-hybridized carbons (Fsp3) is 0.591. The van der Waals surface area contributed by atoms with Crippen molar-refractivity contribution in [2.75, 3.05) is 36.0 Å². The number of carbonyl (C=O) groups is 1. The van der Waals surface area contributed by atoms with Gasteiger partial charge in [-0.3, -0.25) is 9.69 Å². The predicted octanol–water partition coefficient (Wildman–Crippen LogP) is 2.75. The first-order valence-electron chi connectivity index (χ1n) is 11.1. The summed E-state index contributed by atoms with van der Waals surface area (Å²) in [6.07, 6.45) is 5.04. The van der Waals surface area contributed by atoms with Crippen LogP contribution < -0.4 is 21.3 Å². The molecule has 0 bridgehead atoms. The van der Waals surface area contributed by atoms with E-state index in [0.29, 0.717) is 37.2 Å². The molecule has 2 aliphatic heterocycles. The van der Waals surface area contributed by atoms with Crippen LogP contribution in [-0.4, -0.2) is 54.6 Å². The second kappa shape index (κ2) is 8.57. The zero-order valence-corrected chi connectivity index (χ0v) is 19.1. The van der Waals surface area contributed by atoms with Crippen molar-refractivity contribution >= 4 is 40.8 Å². The van der Waals surface area contributed by atoms with Crippen LogP contribution in [0.15, 0.2) is 28.2 Å². The van der Waals surface area contributed by atoms with Gasteiger partial charge in [-0.25, -0.2) is 4.99 Å². The average molecular weight is 446 g/mol. The first kappa shape index (κ1) is 21.7. The number of benzene rings is 1. The molecule has 2 fully saturated rings. The minimum absolute atomic E-state index is 0.00117. The highest BCUT2D eigenvalue weighted by Gasteiger charge is 2.44. The van der Waals surface area contributed by atoms with Gasteiger partial charge >= 0.3 is 0 Å². The predicted molar refractivity (Wildman–Crippen MR) is 127 cm³/mol. The van der Waals surface area contributed by atoms with Crippen LogP contribution in [0, 0.1) is 5.92 Å². The molecule has 1 aromatic rings. The number of halogens is 1. The van der Waals surface area contributed by atoms with Crippen LogP contribution in [0.3, 0.4) is 0 Å². The SMILES string of the molecule is CC(C)C(=O)N1CCN(c2c(Cl)cccc2N2C(N)=NC(N)=NC23CCCCC3)CC1. The van der Waals surface area contributed by atoms with Crippen LogP contribution in [0.25, 0.3) is 0 Å². The monoisotopic (exact) mass is 445 g/mol. The van der Waals surface area contributed by atoms with E-state index in [2.05, 4.69) is 9.89 Å². The fourth-order valence-corrected chi connectivity index (χ4v) is 5.27. The lowest BCUT2D eigenvalue weighted by atomic mass is 9.87. The molecule has 0 aromatic heterocycles. The van der Waals surface area contributed by atoms with E-state index in [1.807, 2.05) is 41.8 Å². The van der Waals surface area contributed by atoms with Crippen LogP contribution in [0.4, 0.5) is 11.4 Å². The molecule has 1 aliphatic carbocycles. The third-order valence-electron chi connectivity index (χ3n) is 6.46. The number of para-hydroxylation sites is 1. The maximum Gasteiger partial charge on any atom is 0.225 e. The average Bonchev–Trinajstić information content (AvgIpc) is 2.73. The van der Waals surface area contributed by atoms with E-state index in [0.717, 1.165) is 37.1 Å². The van der Waals surface area contributed by atoms with Gasteiger partial charge in [0.2, 0.25) is 17.8 Å². The lowest BCUT2D eigenvalue weighted by Gasteiger charge is -2.47. The van der Waals surface area contributed by atoms with Gasteiger partial charge in [-0.1, -0.05) is 37.9 Å². The van der Waals surface area contributed by atoms with Crippen molar-refractivity contribution in [2.24, 2.45) is 27.4 Å². The molecule has 2 heterocycles. The summed E-state index contributed by atoms with van der Waals surface area (Å²) in [7, 11) is 0. The number of amides is 1. The Morgan fingerprint density at radius 1 is 1.10 bits per heavy atom. The highest BCUT2D eigenvalue weighted by atomic mass is 35.5. The molecule has 0 unspecified atom stereocenters. The van der Waals surface area contributed by atoms with Crippen LogP contribution in [0.5, 0.6) is 0 Å². The first-order valence-corrected chi connectivity index (χ1v) is 11.5. The Morgan fingerprint density at radius 3 is 2.42 bits per heavy atom. The maximum absolute atomic E-state index is 12.4. The summed E-state index contributed by atoms with van der Waals surface area (Å²) in [4.78, 5) is 27.7. The standard InChI is InChI=1S/C22H32ClN7O/c1-15(2)19(31)29-13-11-28(12-14-29)18-16(23)7-6-8-17(18)30-21(25)26-20(24)27-22(30)9-4-3-5-10-22/h6-8,15H,3-5,9-14H2,1-2H3,(H4,24,25,26,27). The molecule has 1 spiro atoms. The number of nitrogens with zero attached hydrogens (tertiary/aromatic N) is 5. The van der Waals surface area contributed by atoms with Gasteiger partial charge < -0.3 is 21.3 Å². The van der Waals surface area contributed by atoms with Gasteiger partial charge in [0.25, 0.3) is 0 Å². The van der Waals surface area contributed by atoms with Crippen molar-refractivity contribution in [3.05, 3.63) is 23.2 Å². The molecule has 8 nitrogen and oxygen atoms in total. The molecule has 0 radical (unpaired) electrons. The fourth-order valence-electron chi connectivity index (χ4n) is 4.98. The summed E-state index contributed by atoms with van der Waals surface area (Å²) in [5.74, 6) is 0.783. The van der Waals surface area contributed by atoms with Crippen molar-refractivity contribution in [1.29, 1.82) is 0 Å². The molecular formula is C22H32ClN7O. The van der Waals surface area contributed by atoms with Crippen molar-refractivity contribution in [1.82, 2.24) is 4.90 Å². The molecule has 168 valence electrons. The number of hydrogen-bond acceptors (Lipinski definition) is 7. The smallest absolute Gasteiger partial charge is 0.225 e. The van der Waals surface area contributed by atoms with Crippen molar-refractivity contribution in [3.63, 3.8) is 0 Å². The summed E-state index contributed by atoms with van der Waals surface area (Å²) in [5, 5.41) is 0.655. The Hall–Kier alpha value is -2.48. The molecule has 1 saturated heterocycles. The molecule has 1 amide bonds. The third kappa shape index (κ3) is 4.05.